The Kier molecular flexibility index (Phi) is 4.49. The summed E-state index contributed by atoms with van der Waals surface area (Å²) < 4.78 is 10.7. The molecule has 0 aromatic carbocycles. The first kappa shape index (κ1) is 11.4. The number of alkyl halides is 2. The van der Waals surface area contributed by atoms with Crippen molar-refractivity contribution in [3.8, 4) is 0 Å². The maximum atomic E-state index is 5.69. The van der Waals surface area contributed by atoms with Gasteiger partial charge in [-0.3, -0.25) is 0 Å². The lowest BCUT2D eigenvalue weighted by atomic mass is 10.2. The van der Waals surface area contributed by atoms with Crippen molar-refractivity contribution in [2.45, 2.75) is 14.3 Å². The van der Waals surface area contributed by atoms with E-state index in [1.165, 1.54) is 0 Å². The molecule has 12 heavy (non-hydrogen) atoms. The Labute approximate surface area is 100 Å². The first-order valence-corrected chi connectivity index (χ1v) is 6.00. The Morgan fingerprint density at radius 2 is 2.17 bits per heavy atom. The van der Waals surface area contributed by atoms with Gasteiger partial charge in [0, 0.05) is 51.7 Å². The average Bonchev–Trinajstić information content (AvgIpc) is 1.82. The van der Waals surface area contributed by atoms with E-state index in [2.05, 4.69) is 64.2 Å². The second kappa shape index (κ2) is 4.72. The minimum absolute atomic E-state index is 0.308. The molecule has 1 fully saturated rings. The first-order chi connectivity index (χ1) is 5.49. The van der Waals surface area contributed by atoms with Gasteiger partial charge in [-0.1, -0.05) is 0 Å². The molecule has 0 spiro atoms. The topological polar surface area (TPSA) is 21.7 Å². The molecule has 1 aliphatic rings. The summed E-state index contributed by atoms with van der Waals surface area (Å²) in [4.78, 5) is 2.14. The zero-order valence-corrected chi connectivity index (χ0v) is 11.5. The number of hydrogen-bond donors (Lipinski definition) is 0. The molecule has 0 bridgehead atoms. The van der Waals surface area contributed by atoms with Crippen LogP contribution in [0.25, 0.3) is 0 Å². The van der Waals surface area contributed by atoms with E-state index in [9.17, 15) is 0 Å². The van der Waals surface area contributed by atoms with Gasteiger partial charge in [-0.05, 0) is 20.5 Å². The molecule has 0 radical (unpaired) electrons. The van der Waals surface area contributed by atoms with Crippen LogP contribution in [-0.4, -0.2) is 40.1 Å². The van der Waals surface area contributed by atoms with Crippen LogP contribution in [0.3, 0.4) is 0 Å². The van der Waals surface area contributed by atoms with E-state index in [4.69, 9.17) is 9.47 Å². The molecule has 5 heteroatoms. The average molecular weight is 397 g/mol. The lowest BCUT2D eigenvalue weighted by Gasteiger charge is -2.34. The van der Waals surface area contributed by atoms with Gasteiger partial charge < -0.3 is 14.4 Å². The van der Waals surface area contributed by atoms with Crippen molar-refractivity contribution in [1.82, 2.24) is 4.90 Å². The van der Waals surface area contributed by atoms with Crippen LogP contribution in [0.2, 0.25) is 0 Å². The SMILES string of the molecule is CN(C)CC1CCOC(I)(I)O1. The number of ether oxygens (including phenoxy) is 2. The summed E-state index contributed by atoms with van der Waals surface area (Å²) in [5, 5.41) is 0. The molecular formula is C7H13I2NO2. The van der Waals surface area contributed by atoms with Gasteiger partial charge in [-0.2, -0.15) is 0 Å². The van der Waals surface area contributed by atoms with E-state index in [-0.39, 0.29) is 0 Å². The van der Waals surface area contributed by atoms with Gasteiger partial charge in [0.2, 0.25) is 0 Å². The third-order valence-electron chi connectivity index (χ3n) is 1.58. The second-order valence-electron chi connectivity index (χ2n) is 3.10. The summed E-state index contributed by atoms with van der Waals surface area (Å²) in [6.07, 6.45) is 1.30. The molecule has 3 nitrogen and oxygen atoms in total. The van der Waals surface area contributed by atoms with Crippen LogP contribution in [0.15, 0.2) is 0 Å². The van der Waals surface area contributed by atoms with E-state index in [0.29, 0.717) is 6.10 Å². The monoisotopic (exact) mass is 397 g/mol. The number of hydrogen-bond acceptors (Lipinski definition) is 3. The lowest BCUT2D eigenvalue weighted by Crippen LogP contribution is -2.40. The molecule has 0 N–H and O–H groups in total. The largest absolute Gasteiger partial charge is 0.334 e. The van der Waals surface area contributed by atoms with Crippen LogP contribution < -0.4 is 0 Å². The normalized spacial score (nSPS) is 29.2. The van der Waals surface area contributed by atoms with Crippen LogP contribution in [0.5, 0.6) is 0 Å². The number of nitrogens with zero attached hydrogens (tertiary/aromatic N) is 1. The highest BCUT2D eigenvalue weighted by Crippen LogP contribution is 2.35. The summed E-state index contributed by atoms with van der Waals surface area (Å²) in [6.45, 7) is 1.77. The maximum Gasteiger partial charge on any atom is 0.274 e. The van der Waals surface area contributed by atoms with Crippen LogP contribution in [0, 0.1) is 0 Å². The molecule has 1 atom stereocenters. The van der Waals surface area contributed by atoms with Crippen molar-refractivity contribution in [2.75, 3.05) is 27.2 Å². The van der Waals surface area contributed by atoms with Gasteiger partial charge in [0.05, 0.1) is 12.7 Å². The van der Waals surface area contributed by atoms with E-state index >= 15 is 0 Å². The summed E-state index contributed by atoms with van der Waals surface area (Å²) in [7, 11) is 4.11. The molecule has 1 unspecified atom stereocenters. The van der Waals surface area contributed by atoms with Crippen LogP contribution in [0.4, 0.5) is 0 Å². The maximum absolute atomic E-state index is 5.69. The number of halogens is 2. The highest BCUT2D eigenvalue weighted by Gasteiger charge is 2.32. The lowest BCUT2D eigenvalue weighted by molar-refractivity contribution is -0.166. The second-order valence-corrected chi connectivity index (χ2v) is 8.01. The summed E-state index contributed by atoms with van der Waals surface area (Å²) in [6, 6.07) is 0. The van der Waals surface area contributed by atoms with Crippen molar-refractivity contribution in [1.29, 1.82) is 0 Å². The van der Waals surface area contributed by atoms with Crippen molar-refractivity contribution < 1.29 is 9.47 Å². The Bertz CT molecular complexity index is 152. The minimum atomic E-state index is -0.450. The molecule has 0 aromatic rings. The standard InChI is InChI=1S/C7H13I2NO2/c1-10(2)5-6-3-4-11-7(8,9)12-6/h6H,3-5H2,1-2H3. The minimum Gasteiger partial charge on any atom is -0.334 e. The molecule has 1 saturated heterocycles. The van der Waals surface area contributed by atoms with Crippen molar-refractivity contribution in [3.05, 3.63) is 0 Å². The molecule has 1 aliphatic heterocycles. The first-order valence-electron chi connectivity index (χ1n) is 3.84. The van der Waals surface area contributed by atoms with Gasteiger partial charge in [-0.25, -0.2) is 0 Å². The molecule has 1 heterocycles. The number of likely N-dealkylation sites (N-methyl/N-ethyl adjacent to an activating group) is 1. The quantitative estimate of drug-likeness (QED) is 0.525. The highest BCUT2D eigenvalue weighted by atomic mass is 127. The predicted octanol–water partition coefficient (Wildman–Crippen LogP) is 1.83. The predicted molar refractivity (Wildman–Crippen MR) is 64.8 cm³/mol. The summed E-state index contributed by atoms with van der Waals surface area (Å²) in [5.74, 6) is 0. The van der Waals surface area contributed by atoms with Crippen LogP contribution in [0.1, 0.15) is 6.42 Å². The molecular weight excluding hydrogens is 384 g/mol. The van der Waals surface area contributed by atoms with E-state index < -0.39 is 1.80 Å². The fourth-order valence-corrected chi connectivity index (χ4v) is 2.29. The third-order valence-corrected chi connectivity index (χ3v) is 2.71. The zero-order valence-electron chi connectivity index (χ0n) is 7.22. The molecule has 0 aliphatic carbocycles. The van der Waals surface area contributed by atoms with Gasteiger partial charge in [0.15, 0.2) is 0 Å². The molecule has 72 valence electrons. The van der Waals surface area contributed by atoms with Crippen LogP contribution in [-0.2, 0) is 9.47 Å². The Balaban J connectivity index is 2.36. The molecule has 0 aromatic heterocycles. The van der Waals surface area contributed by atoms with Crippen molar-refractivity contribution >= 4 is 45.2 Å². The summed E-state index contributed by atoms with van der Waals surface area (Å²) in [5.41, 5.74) is 0. The van der Waals surface area contributed by atoms with Crippen LogP contribution >= 0.6 is 45.2 Å². The molecule has 1 rings (SSSR count). The molecule has 0 saturated carbocycles. The number of rotatable bonds is 2. The fourth-order valence-electron chi connectivity index (χ4n) is 1.13. The summed E-state index contributed by atoms with van der Waals surface area (Å²) >= 11 is 4.35. The Hall–Kier alpha value is 1.34. The highest BCUT2D eigenvalue weighted by molar-refractivity contribution is 14.2. The van der Waals surface area contributed by atoms with E-state index in [1.54, 1.807) is 0 Å². The van der Waals surface area contributed by atoms with Gasteiger partial charge in [0.1, 0.15) is 0 Å². The van der Waals surface area contributed by atoms with Gasteiger partial charge in [0.25, 0.3) is 1.80 Å². The zero-order chi connectivity index (χ0) is 9.19. The van der Waals surface area contributed by atoms with E-state index in [1.807, 2.05) is 0 Å². The third kappa shape index (κ3) is 4.03. The molecule has 0 amide bonds. The van der Waals surface area contributed by atoms with Gasteiger partial charge in [-0.15, -0.1) is 0 Å². The van der Waals surface area contributed by atoms with Crippen molar-refractivity contribution in [2.24, 2.45) is 0 Å². The van der Waals surface area contributed by atoms with Crippen molar-refractivity contribution in [3.63, 3.8) is 0 Å². The van der Waals surface area contributed by atoms with Gasteiger partial charge >= 0.3 is 0 Å². The Morgan fingerprint density at radius 1 is 1.50 bits per heavy atom. The fraction of sp³-hybridized carbons (Fsp3) is 1.00. The smallest absolute Gasteiger partial charge is 0.274 e. The Morgan fingerprint density at radius 3 is 2.67 bits per heavy atom. The van der Waals surface area contributed by atoms with E-state index in [0.717, 1.165) is 19.6 Å².